The van der Waals surface area contributed by atoms with Crippen molar-refractivity contribution in [2.75, 3.05) is 5.32 Å². The number of Topliss-reactive ketones (excluding diaryl/α,β-unsaturated/α-hetero) is 1. The summed E-state index contributed by atoms with van der Waals surface area (Å²) in [7, 11) is 0. The molecule has 0 saturated heterocycles. The molecule has 3 aliphatic carbocycles. The lowest BCUT2D eigenvalue weighted by Crippen LogP contribution is -2.24. The average Bonchev–Trinajstić information content (AvgIpc) is 3.05. The molecular formula is C44H70F3N3O2. The number of aromatic nitrogens is 2. The summed E-state index contributed by atoms with van der Waals surface area (Å²) < 4.78 is 41.4. The number of hydrogen-bond acceptors (Lipinski definition) is 5. The van der Waals surface area contributed by atoms with Gasteiger partial charge in [0.2, 0.25) is 0 Å². The van der Waals surface area contributed by atoms with Crippen LogP contribution in [0, 0.1) is 17.8 Å². The van der Waals surface area contributed by atoms with E-state index in [1.54, 1.807) is 0 Å². The highest BCUT2D eigenvalue weighted by Gasteiger charge is 2.35. The largest absolute Gasteiger partial charge is 0.507 e. The number of rotatable bonds is 19. The van der Waals surface area contributed by atoms with E-state index in [2.05, 4.69) is 33.0 Å². The van der Waals surface area contributed by atoms with Gasteiger partial charge < -0.3 is 10.4 Å². The molecule has 294 valence electrons. The number of anilines is 1. The van der Waals surface area contributed by atoms with Crippen LogP contribution in [0.25, 0.3) is 11.3 Å². The zero-order chi connectivity index (χ0) is 38.1. The van der Waals surface area contributed by atoms with Gasteiger partial charge in [0.25, 0.3) is 0 Å². The Morgan fingerprint density at radius 3 is 1.98 bits per heavy atom. The molecule has 1 atom stereocenters. The summed E-state index contributed by atoms with van der Waals surface area (Å²) in [5.74, 6) is 2.40. The third kappa shape index (κ3) is 12.7. The zero-order valence-electron chi connectivity index (χ0n) is 33.4. The van der Waals surface area contributed by atoms with E-state index in [0.29, 0.717) is 52.8 Å². The molecule has 1 aromatic carbocycles. The van der Waals surface area contributed by atoms with Crippen LogP contribution in [0.5, 0.6) is 5.75 Å². The Morgan fingerprint density at radius 2 is 1.46 bits per heavy atom. The first kappa shape index (κ1) is 43.8. The van der Waals surface area contributed by atoms with E-state index in [1.165, 1.54) is 70.3 Å². The summed E-state index contributed by atoms with van der Waals surface area (Å²) in [5, 5.41) is 24.4. The molecule has 2 aromatic rings. The van der Waals surface area contributed by atoms with Crippen molar-refractivity contribution < 1.29 is 23.1 Å². The van der Waals surface area contributed by atoms with Crippen molar-refractivity contribution in [1.29, 1.82) is 0 Å². The van der Waals surface area contributed by atoms with E-state index in [0.717, 1.165) is 93.6 Å². The second-order valence-corrected chi connectivity index (χ2v) is 15.4. The highest BCUT2D eigenvalue weighted by atomic mass is 19.4. The van der Waals surface area contributed by atoms with Gasteiger partial charge in [-0.05, 0) is 92.9 Å². The van der Waals surface area contributed by atoms with E-state index in [9.17, 15) is 23.1 Å². The Balaban J connectivity index is 0.000000571. The Kier molecular flexibility index (Phi) is 19.0. The molecular weight excluding hydrogens is 659 g/mol. The van der Waals surface area contributed by atoms with Gasteiger partial charge in [0.15, 0.2) is 5.82 Å². The highest BCUT2D eigenvalue weighted by Crippen LogP contribution is 2.44. The van der Waals surface area contributed by atoms with Crippen molar-refractivity contribution in [3.63, 3.8) is 0 Å². The van der Waals surface area contributed by atoms with E-state index >= 15 is 0 Å². The van der Waals surface area contributed by atoms with Gasteiger partial charge in [0, 0.05) is 29.5 Å². The first-order chi connectivity index (χ1) is 25.1. The van der Waals surface area contributed by atoms with Gasteiger partial charge in [-0.25, -0.2) is 0 Å². The number of carbonyl (C=O) groups is 1. The second-order valence-electron chi connectivity index (χ2n) is 15.4. The summed E-state index contributed by atoms with van der Waals surface area (Å²) >= 11 is 0. The molecule has 0 bridgehead atoms. The molecule has 3 aliphatic rings. The number of phenols is 1. The molecule has 52 heavy (non-hydrogen) atoms. The number of aromatic hydroxyl groups is 1. The maximum absolute atomic E-state index is 13.8. The van der Waals surface area contributed by atoms with Gasteiger partial charge in [-0.15, -0.1) is 10.2 Å². The van der Waals surface area contributed by atoms with Crippen LogP contribution in [0.1, 0.15) is 186 Å². The smallest absolute Gasteiger partial charge is 0.416 e. The minimum atomic E-state index is -4.52. The molecule has 1 heterocycles. The lowest BCUT2D eigenvalue weighted by molar-refractivity contribution is -0.137. The molecule has 2 N–H and O–H groups in total. The van der Waals surface area contributed by atoms with Crippen LogP contribution in [-0.4, -0.2) is 27.1 Å². The third-order valence-electron chi connectivity index (χ3n) is 11.5. The number of nitrogens with one attached hydrogen (secondary N) is 1. The number of halogens is 3. The number of unbranched alkanes of at least 4 members (excludes halogenated alkanes) is 4. The monoisotopic (exact) mass is 730 g/mol. The van der Waals surface area contributed by atoms with Crippen molar-refractivity contribution in [2.24, 2.45) is 17.8 Å². The van der Waals surface area contributed by atoms with Gasteiger partial charge in [-0.1, -0.05) is 119 Å². The van der Waals surface area contributed by atoms with Crippen LogP contribution < -0.4 is 5.32 Å². The van der Waals surface area contributed by atoms with Crippen molar-refractivity contribution in [2.45, 2.75) is 195 Å². The van der Waals surface area contributed by atoms with Crippen molar-refractivity contribution in [3.05, 3.63) is 34.4 Å². The minimum Gasteiger partial charge on any atom is -0.507 e. The Labute approximate surface area is 313 Å². The predicted molar refractivity (Wildman–Crippen MR) is 210 cm³/mol. The predicted octanol–water partition coefficient (Wildman–Crippen LogP) is 13.2. The molecule has 8 heteroatoms. The third-order valence-corrected chi connectivity index (χ3v) is 11.5. The summed E-state index contributed by atoms with van der Waals surface area (Å²) in [5.41, 5.74) is 3.01. The highest BCUT2D eigenvalue weighted by molar-refractivity contribution is 5.81. The Morgan fingerprint density at radius 1 is 0.827 bits per heavy atom. The van der Waals surface area contributed by atoms with Gasteiger partial charge in [-0.3, -0.25) is 4.79 Å². The van der Waals surface area contributed by atoms with Gasteiger partial charge in [0.05, 0.1) is 5.56 Å². The van der Waals surface area contributed by atoms with Gasteiger partial charge >= 0.3 is 6.18 Å². The topological polar surface area (TPSA) is 75.1 Å². The van der Waals surface area contributed by atoms with Crippen molar-refractivity contribution in [3.8, 4) is 17.0 Å². The summed E-state index contributed by atoms with van der Waals surface area (Å²) in [6.07, 6.45) is 18.8. The molecule has 0 radical (unpaired) electrons. The maximum atomic E-state index is 13.8. The first-order valence-corrected chi connectivity index (χ1v) is 21.2. The van der Waals surface area contributed by atoms with Crippen molar-refractivity contribution in [1.82, 2.24) is 10.2 Å². The Hall–Kier alpha value is -2.64. The lowest BCUT2D eigenvalue weighted by atomic mass is 9.77. The molecule has 5 nitrogen and oxygen atoms in total. The van der Waals surface area contributed by atoms with E-state index < -0.39 is 11.7 Å². The van der Waals surface area contributed by atoms with Crippen LogP contribution in [0.4, 0.5) is 19.0 Å². The fourth-order valence-electron chi connectivity index (χ4n) is 7.51. The number of alkyl halides is 3. The quantitative estimate of drug-likeness (QED) is 0.141. The molecule has 3 saturated carbocycles. The van der Waals surface area contributed by atoms with Gasteiger partial charge in [-0.2, -0.15) is 13.2 Å². The average molecular weight is 730 g/mol. The summed E-state index contributed by atoms with van der Waals surface area (Å²) in [6, 6.07) is 2.44. The SMILES string of the molecule is CC.CCCC(=O)C1CCC1.CCCCCCC(CC)Nc1nnc(-c2c(O)cc(C(F)(F)F)cc2CC2CCC2)c(CCCC)c1CC1CCC1. The lowest BCUT2D eigenvalue weighted by Gasteiger charge is -2.30. The fraction of sp³-hybridized carbons (Fsp3) is 0.750. The van der Waals surface area contributed by atoms with E-state index in [-0.39, 0.29) is 5.75 Å². The summed E-state index contributed by atoms with van der Waals surface area (Å²) in [4.78, 5) is 11.0. The number of benzene rings is 1. The molecule has 0 spiro atoms. The number of carbonyl (C=O) groups excluding carboxylic acids is 1. The number of nitrogens with zero attached hydrogens (tertiary/aromatic N) is 2. The van der Waals surface area contributed by atoms with E-state index in [1.807, 2.05) is 13.8 Å². The normalized spacial score (nSPS) is 16.7. The zero-order valence-corrected chi connectivity index (χ0v) is 33.4. The number of hydrogen-bond donors (Lipinski definition) is 2. The minimum absolute atomic E-state index is 0.305. The molecule has 1 unspecified atom stereocenters. The van der Waals surface area contributed by atoms with Crippen LogP contribution in [0.3, 0.4) is 0 Å². The van der Waals surface area contributed by atoms with E-state index in [4.69, 9.17) is 10.2 Å². The molecule has 0 aliphatic heterocycles. The second kappa shape index (κ2) is 22.5. The van der Waals surface area contributed by atoms with Crippen LogP contribution in [0.15, 0.2) is 12.1 Å². The first-order valence-electron chi connectivity index (χ1n) is 21.2. The summed E-state index contributed by atoms with van der Waals surface area (Å²) in [6.45, 7) is 12.6. The molecule has 0 amide bonds. The van der Waals surface area contributed by atoms with Gasteiger partial charge in [0.1, 0.15) is 17.2 Å². The standard InChI is InChI=1S/C34H50F3N3O.C8H14O.C2H6/c1-4-7-9-10-17-27(6-3)38-33-29(20-24-15-12-16-24)28(18-8-5-2)32(39-40-33)31-25(19-23-13-11-14-23)21-26(22-30(31)41)34(35,36)37;1-2-4-8(9)7-5-3-6-7;1-2/h21-24,27,41H,4-20H2,1-3H3,(H,38,40);7H,2-6H2,1H3;1-2H3. The fourth-order valence-corrected chi connectivity index (χ4v) is 7.51. The molecule has 1 aromatic heterocycles. The number of ketones is 1. The molecule has 5 rings (SSSR count). The Bertz CT molecular complexity index is 1350. The van der Waals surface area contributed by atoms with Crippen molar-refractivity contribution >= 4 is 11.6 Å². The van der Waals surface area contributed by atoms with Crippen LogP contribution in [-0.2, 0) is 30.2 Å². The number of phenolic OH excluding ortho intramolecular Hbond substituents is 1. The van der Waals surface area contributed by atoms with Crippen LogP contribution in [0.2, 0.25) is 0 Å². The molecule has 3 fully saturated rings. The van der Waals surface area contributed by atoms with Crippen LogP contribution >= 0.6 is 0 Å². The maximum Gasteiger partial charge on any atom is 0.416 e.